The molecule has 2 fully saturated rings. The number of nitrogens with zero attached hydrogens (tertiary/aromatic N) is 2. The van der Waals surface area contributed by atoms with Gasteiger partial charge in [-0.05, 0) is 36.8 Å². The largest absolute Gasteiger partial charge is 0.341 e. The van der Waals surface area contributed by atoms with Crippen molar-refractivity contribution in [3.63, 3.8) is 0 Å². The van der Waals surface area contributed by atoms with Crippen LogP contribution in [-0.4, -0.2) is 47.9 Å². The van der Waals surface area contributed by atoms with Crippen molar-refractivity contribution in [2.75, 3.05) is 26.2 Å². The summed E-state index contributed by atoms with van der Waals surface area (Å²) in [6.45, 7) is 5.46. The van der Waals surface area contributed by atoms with Crippen molar-refractivity contribution in [3.05, 3.63) is 35.4 Å². The van der Waals surface area contributed by atoms with Crippen LogP contribution < -0.4 is 5.32 Å². The molecule has 1 N–H and O–H groups in total. The number of rotatable bonds is 4. The Bertz CT molecular complexity index is 598. The van der Waals surface area contributed by atoms with Gasteiger partial charge in [0.2, 0.25) is 5.91 Å². The normalized spacial score (nSPS) is 18.2. The van der Waals surface area contributed by atoms with Crippen LogP contribution in [0.25, 0.3) is 0 Å². The van der Waals surface area contributed by atoms with Crippen molar-refractivity contribution in [2.45, 2.75) is 39.2 Å². The zero-order valence-electron chi connectivity index (χ0n) is 14.5. The van der Waals surface area contributed by atoms with Gasteiger partial charge in [-0.2, -0.15) is 0 Å². The lowest BCUT2D eigenvalue weighted by molar-refractivity contribution is -0.132. The summed E-state index contributed by atoms with van der Waals surface area (Å²) >= 11 is 0. The minimum Gasteiger partial charge on any atom is -0.341 e. The molecule has 24 heavy (non-hydrogen) atoms. The highest BCUT2D eigenvalue weighted by molar-refractivity contribution is 5.81. The number of amides is 3. The van der Waals surface area contributed by atoms with Gasteiger partial charge >= 0.3 is 6.03 Å². The van der Waals surface area contributed by atoms with Gasteiger partial charge in [0.1, 0.15) is 0 Å². The second kappa shape index (κ2) is 7.69. The maximum atomic E-state index is 12.5. The van der Waals surface area contributed by atoms with Crippen molar-refractivity contribution in [1.82, 2.24) is 15.1 Å². The van der Waals surface area contributed by atoms with Gasteiger partial charge in [0, 0.05) is 38.6 Å². The fourth-order valence-electron chi connectivity index (χ4n) is 3.29. The third kappa shape index (κ3) is 4.08. The Morgan fingerprint density at radius 1 is 1.04 bits per heavy atom. The summed E-state index contributed by atoms with van der Waals surface area (Å²) < 4.78 is 0. The second-order valence-corrected chi connectivity index (χ2v) is 6.72. The molecule has 0 atom stereocenters. The van der Waals surface area contributed by atoms with Crippen LogP contribution in [0.1, 0.15) is 37.3 Å². The highest BCUT2D eigenvalue weighted by atomic mass is 16.2. The molecule has 3 rings (SSSR count). The van der Waals surface area contributed by atoms with E-state index in [2.05, 4.69) is 24.4 Å². The summed E-state index contributed by atoms with van der Waals surface area (Å²) in [6, 6.07) is 8.19. The van der Waals surface area contributed by atoms with E-state index in [1.54, 1.807) is 0 Å². The molecule has 0 radical (unpaired) electrons. The first kappa shape index (κ1) is 16.8. The van der Waals surface area contributed by atoms with Gasteiger partial charge in [0.15, 0.2) is 0 Å². The molecule has 1 aliphatic carbocycles. The molecule has 1 aromatic carbocycles. The molecule has 1 saturated heterocycles. The average Bonchev–Trinajstić information content (AvgIpc) is 3.45. The van der Waals surface area contributed by atoms with Gasteiger partial charge in [-0.25, -0.2) is 4.79 Å². The Morgan fingerprint density at radius 3 is 2.42 bits per heavy atom. The van der Waals surface area contributed by atoms with Crippen molar-refractivity contribution in [1.29, 1.82) is 0 Å². The zero-order valence-corrected chi connectivity index (χ0v) is 14.5. The third-order valence-electron chi connectivity index (χ3n) is 4.95. The van der Waals surface area contributed by atoms with E-state index in [1.165, 1.54) is 11.1 Å². The highest BCUT2D eigenvalue weighted by Gasteiger charge is 2.34. The smallest absolute Gasteiger partial charge is 0.317 e. The van der Waals surface area contributed by atoms with E-state index in [-0.39, 0.29) is 17.9 Å². The quantitative estimate of drug-likeness (QED) is 0.922. The Morgan fingerprint density at radius 2 is 1.71 bits per heavy atom. The predicted octanol–water partition coefficient (Wildman–Crippen LogP) is 2.40. The molecule has 1 aromatic rings. The molecule has 1 aliphatic heterocycles. The van der Waals surface area contributed by atoms with Crippen LogP contribution in [0.3, 0.4) is 0 Å². The first-order valence-corrected chi connectivity index (χ1v) is 9.07. The minimum atomic E-state index is -0.0263. The van der Waals surface area contributed by atoms with E-state index in [0.717, 1.165) is 38.8 Å². The zero-order chi connectivity index (χ0) is 16.9. The summed E-state index contributed by atoms with van der Waals surface area (Å²) in [7, 11) is 0. The van der Waals surface area contributed by atoms with Gasteiger partial charge in [-0.3, -0.25) is 4.79 Å². The lowest BCUT2D eigenvalue weighted by Gasteiger charge is -2.22. The SMILES string of the molecule is CCc1ccccc1CNC(=O)N1CCCN(C(=O)C2CC2)CC1. The molecule has 2 aliphatic rings. The predicted molar refractivity (Wildman–Crippen MR) is 93.5 cm³/mol. The molecule has 3 amide bonds. The molecule has 5 nitrogen and oxygen atoms in total. The number of carbonyl (C=O) groups excluding carboxylic acids is 2. The molecule has 0 aromatic heterocycles. The summed E-state index contributed by atoms with van der Waals surface area (Å²) in [5.41, 5.74) is 2.45. The lowest BCUT2D eigenvalue weighted by Crippen LogP contribution is -2.42. The van der Waals surface area contributed by atoms with Crippen molar-refractivity contribution < 1.29 is 9.59 Å². The second-order valence-electron chi connectivity index (χ2n) is 6.72. The lowest BCUT2D eigenvalue weighted by atomic mass is 10.1. The number of aryl methyl sites for hydroxylation is 1. The van der Waals surface area contributed by atoms with Crippen LogP contribution in [0.5, 0.6) is 0 Å². The van der Waals surface area contributed by atoms with E-state index >= 15 is 0 Å². The fraction of sp³-hybridized carbons (Fsp3) is 0.579. The van der Waals surface area contributed by atoms with Crippen molar-refractivity contribution in [2.24, 2.45) is 5.92 Å². The number of carbonyl (C=O) groups is 2. The Balaban J connectivity index is 1.50. The van der Waals surface area contributed by atoms with E-state index in [0.29, 0.717) is 19.6 Å². The highest BCUT2D eigenvalue weighted by Crippen LogP contribution is 2.31. The monoisotopic (exact) mass is 329 g/mol. The van der Waals surface area contributed by atoms with Gasteiger partial charge in [0.25, 0.3) is 0 Å². The Kier molecular flexibility index (Phi) is 5.38. The van der Waals surface area contributed by atoms with E-state index in [4.69, 9.17) is 0 Å². The van der Waals surface area contributed by atoms with E-state index in [1.807, 2.05) is 21.9 Å². The van der Waals surface area contributed by atoms with Gasteiger partial charge in [-0.15, -0.1) is 0 Å². The summed E-state index contributed by atoms with van der Waals surface area (Å²) in [4.78, 5) is 28.4. The van der Waals surface area contributed by atoms with Gasteiger partial charge in [-0.1, -0.05) is 31.2 Å². The average molecular weight is 329 g/mol. The standard InChI is InChI=1S/C19H27N3O2/c1-2-15-6-3-4-7-17(15)14-20-19(24)22-11-5-10-21(12-13-22)18(23)16-8-9-16/h3-4,6-7,16H,2,5,8-14H2,1H3,(H,20,24). The van der Waals surface area contributed by atoms with Gasteiger partial charge in [0.05, 0.1) is 0 Å². The van der Waals surface area contributed by atoms with Crippen LogP contribution in [0.15, 0.2) is 24.3 Å². The maximum Gasteiger partial charge on any atom is 0.317 e. The van der Waals surface area contributed by atoms with Crippen molar-refractivity contribution >= 4 is 11.9 Å². The maximum absolute atomic E-state index is 12.5. The molecule has 1 saturated carbocycles. The molecule has 0 bridgehead atoms. The topological polar surface area (TPSA) is 52.7 Å². The number of urea groups is 1. The van der Waals surface area contributed by atoms with Crippen molar-refractivity contribution in [3.8, 4) is 0 Å². The fourth-order valence-corrected chi connectivity index (χ4v) is 3.29. The number of benzene rings is 1. The van der Waals surface area contributed by atoms with E-state index < -0.39 is 0 Å². The number of hydrogen-bond acceptors (Lipinski definition) is 2. The molecule has 0 unspecified atom stereocenters. The first-order chi connectivity index (χ1) is 11.7. The van der Waals surface area contributed by atoms with Crippen LogP contribution >= 0.6 is 0 Å². The van der Waals surface area contributed by atoms with Crippen LogP contribution in [-0.2, 0) is 17.8 Å². The molecule has 5 heteroatoms. The van der Waals surface area contributed by atoms with Gasteiger partial charge < -0.3 is 15.1 Å². The van der Waals surface area contributed by atoms with E-state index in [9.17, 15) is 9.59 Å². The summed E-state index contributed by atoms with van der Waals surface area (Å²) in [6.07, 6.45) is 3.90. The third-order valence-corrected chi connectivity index (χ3v) is 4.95. The summed E-state index contributed by atoms with van der Waals surface area (Å²) in [5.74, 6) is 0.546. The molecular weight excluding hydrogens is 302 g/mol. The first-order valence-electron chi connectivity index (χ1n) is 9.07. The molecule has 0 spiro atoms. The molecule has 1 heterocycles. The number of hydrogen-bond donors (Lipinski definition) is 1. The van der Waals surface area contributed by atoms with Crippen LogP contribution in [0.2, 0.25) is 0 Å². The number of nitrogens with one attached hydrogen (secondary N) is 1. The minimum absolute atomic E-state index is 0.0263. The Hall–Kier alpha value is -2.04. The summed E-state index contributed by atoms with van der Waals surface area (Å²) in [5, 5.41) is 3.03. The van der Waals surface area contributed by atoms with Crippen LogP contribution in [0.4, 0.5) is 4.79 Å². The molecular formula is C19H27N3O2. The van der Waals surface area contributed by atoms with Crippen LogP contribution in [0, 0.1) is 5.92 Å². The Labute approximate surface area is 144 Å². The molecule has 130 valence electrons.